The summed E-state index contributed by atoms with van der Waals surface area (Å²) in [6.45, 7) is 1.99. The number of halogens is 1. The van der Waals surface area contributed by atoms with E-state index in [-0.39, 0.29) is 17.1 Å². The highest BCUT2D eigenvalue weighted by Gasteiger charge is 2.29. The third-order valence-corrected chi connectivity index (χ3v) is 4.97. The minimum Gasteiger partial charge on any atom is -0.477 e. The van der Waals surface area contributed by atoms with Crippen LogP contribution in [-0.4, -0.2) is 26.8 Å². The summed E-state index contributed by atoms with van der Waals surface area (Å²) >= 11 is 0. The van der Waals surface area contributed by atoms with Gasteiger partial charge in [-0.05, 0) is 41.8 Å². The topological polar surface area (TPSA) is 96.3 Å². The number of carbonyl (C=O) groups is 2. The first-order valence-corrected chi connectivity index (χ1v) is 9.42. The summed E-state index contributed by atoms with van der Waals surface area (Å²) in [4.78, 5) is 24.6. The second kappa shape index (κ2) is 7.82. The van der Waals surface area contributed by atoms with Gasteiger partial charge in [-0.15, -0.1) is 0 Å². The van der Waals surface area contributed by atoms with Gasteiger partial charge >= 0.3 is 5.97 Å². The summed E-state index contributed by atoms with van der Waals surface area (Å²) in [5, 5.41) is 19.5. The van der Waals surface area contributed by atoms with Crippen LogP contribution in [0, 0.1) is 5.82 Å². The first-order chi connectivity index (χ1) is 14.5. The Hall–Kier alpha value is -3.94. The molecule has 1 atom stereocenters. The van der Waals surface area contributed by atoms with Crippen LogP contribution in [0.2, 0.25) is 0 Å². The van der Waals surface area contributed by atoms with Crippen LogP contribution in [0.25, 0.3) is 0 Å². The fourth-order valence-corrected chi connectivity index (χ4v) is 3.42. The van der Waals surface area contributed by atoms with E-state index in [4.69, 9.17) is 0 Å². The molecule has 4 rings (SSSR count). The average Bonchev–Trinajstić information content (AvgIpc) is 3.18. The number of carboxylic acid groups (broad SMARTS) is 1. The maximum Gasteiger partial charge on any atom is 0.352 e. The highest BCUT2D eigenvalue weighted by molar-refractivity contribution is 6.08. The molecule has 0 unspecified atom stereocenters. The highest BCUT2D eigenvalue weighted by Crippen LogP contribution is 2.32. The number of allylic oxidation sites excluding steroid dienone is 1. The van der Waals surface area contributed by atoms with Crippen LogP contribution in [-0.2, 0) is 11.2 Å². The van der Waals surface area contributed by atoms with Crippen molar-refractivity contribution in [2.24, 2.45) is 0 Å². The molecule has 0 radical (unpaired) electrons. The number of carboxylic acids is 1. The molecular weight excluding hydrogens is 387 g/mol. The Bertz CT molecular complexity index is 1150. The molecule has 1 aliphatic heterocycles. The Morgan fingerprint density at radius 2 is 1.93 bits per heavy atom. The first-order valence-electron chi connectivity index (χ1n) is 9.42. The zero-order chi connectivity index (χ0) is 21.3. The molecule has 152 valence electrons. The lowest BCUT2D eigenvalue weighted by Gasteiger charge is -2.24. The third kappa shape index (κ3) is 3.55. The van der Waals surface area contributed by atoms with Crippen molar-refractivity contribution in [3.05, 3.63) is 89.0 Å². The summed E-state index contributed by atoms with van der Waals surface area (Å²) in [5.74, 6) is -1.72. The van der Waals surface area contributed by atoms with Gasteiger partial charge in [0, 0.05) is 5.69 Å². The standard InChI is InChI=1S/C22H19FN4O3/c1-2-13-5-3-4-6-17(13)26-21(28)16-12-24-27-19(14-7-9-15(23)10-8-14)11-18(22(29)30)25-20(16)27/h3-12,19,25H,2H2,1H3,(H,26,28)(H,29,30)/t19-/m0/s1. The van der Waals surface area contributed by atoms with Crippen LogP contribution in [0.15, 0.2) is 66.5 Å². The van der Waals surface area contributed by atoms with E-state index >= 15 is 0 Å². The molecule has 0 spiro atoms. The lowest BCUT2D eigenvalue weighted by molar-refractivity contribution is -0.132. The molecule has 0 saturated carbocycles. The number of fused-ring (bicyclic) bond motifs is 1. The van der Waals surface area contributed by atoms with Crippen molar-refractivity contribution < 1.29 is 19.1 Å². The molecule has 0 aliphatic carbocycles. The molecule has 1 aromatic heterocycles. The number of hydrogen-bond donors (Lipinski definition) is 3. The van der Waals surface area contributed by atoms with E-state index in [1.807, 2.05) is 31.2 Å². The van der Waals surface area contributed by atoms with Crippen LogP contribution in [0.4, 0.5) is 15.9 Å². The van der Waals surface area contributed by atoms with Gasteiger partial charge in [0.05, 0.1) is 12.2 Å². The van der Waals surface area contributed by atoms with E-state index in [0.29, 0.717) is 11.3 Å². The maximum atomic E-state index is 13.3. The van der Waals surface area contributed by atoms with Gasteiger partial charge in [0.1, 0.15) is 22.9 Å². The predicted molar refractivity (Wildman–Crippen MR) is 110 cm³/mol. The molecule has 2 heterocycles. The summed E-state index contributed by atoms with van der Waals surface area (Å²) in [6.07, 6.45) is 3.62. The Morgan fingerprint density at radius 3 is 2.63 bits per heavy atom. The molecular formula is C22H19FN4O3. The molecule has 1 amide bonds. The molecule has 3 aromatic rings. The number of amides is 1. The number of aryl methyl sites for hydroxylation is 1. The molecule has 0 bridgehead atoms. The van der Waals surface area contributed by atoms with Gasteiger partial charge < -0.3 is 15.7 Å². The van der Waals surface area contributed by atoms with Crippen LogP contribution in [0.3, 0.4) is 0 Å². The molecule has 7 nitrogen and oxygen atoms in total. The number of anilines is 2. The minimum absolute atomic E-state index is 0.0830. The number of aliphatic carboxylic acids is 1. The van der Waals surface area contributed by atoms with Crippen molar-refractivity contribution in [1.29, 1.82) is 0 Å². The van der Waals surface area contributed by atoms with E-state index in [9.17, 15) is 19.1 Å². The van der Waals surface area contributed by atoms with Crippen molar-refractivity contribution in [2.45, 2.75) is 19.4 Å². The predicted octanol–water partition coefficient (Wildman–Crippen LogP) is 3.82. The fraction of sp³-hybridized carbons (Fsp3) is 0.136. The molecule has 2 aromatic carbocycles. The first kappa shape index (κ1) is 19.4. The zero-order valence-electron chi connectivity index (χ0n) is 16.1. The quantitative estimate of drug-likeness (QED) is 0.599. The van der Waals surface area contributed by atoms with E-state index in [2.05, 4.69) is 15.7 Å². The van der Waals surface area contributed by atoms with Crippen molar-refractivity contribution >= 4 is 23.4 Å². The third-order valence-electron chi connectivity index (χ3n) is 4.97. The highest BCUT2D eigenvalue weighted by atomic mass is 19.1. The van der Waals surface area contributed by atoms with Gasteiger partial charge in [0.25, 0.3) is 5.91 Å². The Morgan fingerprint density at radius 1 is 1.20 bits per heavy atom. The number of nitrogens with zero attached hydrogens (tertiary/aromatic N) is 2. The monoisotopic (exact) mass is 406 g/mol. The summed E-state index contributed by atoms with van der Waals surface area (Å²) in [6, 6.07) is 12.6. The molecule has 30 heavy (non-hydrogen) atoms. The van der Waals surface area contributed by atoms with Crippen molar-refractivity contribution in [3.8, 4) is 0 Å². The molecule has 3 N–H and O–H groups in total. The number of hydrogen-bond acceptors (Lipinski definition) is 4. The van der Waals surface area contributed by atoms with Gasteiger partial charge in [-0.1, -0.05) is 37.3 Å². The lowest BCUT2D eigenvalue weighted by atomic mass is 10.0. The summed E-state index contributed by atoms with van der Waals surface area (Å²) in [7, 11) is 0. The Labute approximate surface area is 171 Å². The van der Waals surface area contributed by atoms with E-state index in [1.54, 1.807) is 12.1 Å². The van der Waals surface area contributed by atoms with Gasteiger partial charge in [0.15, 0.2) is 0 Å². The number of rotatable bonds is 5. The number of nitrogens with one attached hydrogen (secondary N) is 2. The van der Waals surface area contributed by atoms with Crippen LogP contribution < -0.4 is 10.6 Å². The zero-order valence-corrected chi connectivity index (χ0v) is 16.1. The van der Waals surface area contributed by atoms with E-state index in [1.165, 1.54) is 29.1 Å². The number of aromatic nitrogens is 2. The van der Waals surface area contributed by atoms with Gasteiger partial charge in [0.2, 0.25) is 0 Å². The fourth-order valence-electron chi connectivity index (χ4n) is 3.42. The van der Waals surface area contributed by atoms with Crippen molar-refractivity contribution in [3.63, 3.8) is 0 Å². The number of benzene rings is 2. The van der Waals surface area contributed by atoms with Crippen molar-refractivity contribution in [1.82, 2.24) is 9.78 Å². The van der Waals surface area contributed by atoms with Gasteiger partial charge in [-0.3, -0.25) is 4.79 Å². The van der Waals surface area contributed by atoms with Crippen LogP contribution in [0.5, 0.6) is 0 Å². The minimum atomic E-state index is -1.17. The molecule has 1 aliphatic rings. The molecule has 0 saturated heterocycles. The molecule has 0 fully saturated rings. The van der Waals surface area contributed by atoms with Crippen LogP contribution >= 0.6 is 0 Å². The van der Waals surface area contributed by atoms with Crippen LogP contribution in [0.1, 0.15) is 34.5 Å². The van der Waals surface area contributed by atoms with E-state index in [0.717, 1.165) is 12.0 Å². The van der Waals surface area contributed by atoms with E-state index < -0.39 is 23.7 Å². The normalized spacial score (nSPS) is 15.0. The lowest BCUT2D eigenvalue weighted by Crippen LogP contribution is -2.25. The smallest absolute Gasteiger partial charge is 0.352 e. The second-order valence-electron chi connectivity index (χ2n) is 6.82. The summed E-state index contributed by atoms with van der Waals surface area (Å²) < 4.78 is 14.9. The summed E-state index contributed by atoms with van der Waals surface area (Å²) in [5.41, 5.74) is 2.43. The molecule has 8 heteroatoms. The Kier molecular flexibility index (Phi) is 5.05. The number of para-hydroxylation sites is 1. The Balaban J connectivity index is 1.72. The SMILES string of the molecule is CCc1ccccc1NC(=O)c1cnn2c1NC(C(=O)O)=C[C@H]2c1ccc(F)cc1. The largest absolute Gasteiger partial charge is 0.477 e. The second-order valence-corrected chi connectivity index (χ2v) is 6.82. The van der Waals surface area contributed by atoms with Gasteiger partial charge in [-0.2, -0.15) is 5.10 Å². The van der Waals surface area contributed by atoms with Crippen molar-refractivity contribution in [2.75, 3.05) is 10.6 Å². The number of carbonyl (C=O) groups excluding carboxylic acids is 1. The average molecular weight is 406 g/mol. The van der Waals surface area contributed by atoms with Gasteiger partial charge in [-0.25, -0.2) is 13.9 Å². The maximum absolute atomic E-state index is 13.3.